The number of carbonyl (C=O) groups excluding carboxylic acids is 3. The largest absolute Gasteiger partial charge is 0.366 e. The Kier molecular flexibility index (Phi) is 7.35. The molecule has 0 aromatic carbocycles. The van der Waals surface area contributed by atoms with Gasteiger partial charge in [-0.15, -0.1) is 0 Å². The molecule has 2 amide bonds. The van der Waals surface area contributed by atoms with E-state index in [1.165, 1.54) is 23.2 Å². The van der Waals surface area contributed by atoms with E-state index in [-0.39, 0.29) is 30.5 Å². The van der Waals surface area contributed by atoms with Crippen LogP contribution >= 0.6 is 0 Å². The fraction of sp³-hybridized carbons (Fsp3) is 0.440. The maximum atomic E-state index is 15.0. The third-order valence-corrected chi connectivity index (χ3v) is 6.47. The Morgan fingerprint density at radius 2 is 2.08 bits per heavy atom. The van der Waals surface area contributed by atoms with Crippen LogP contribution in [0.3, 0.4) is 0 Å². The highest BCUT2D eigenvalue weighted by Crippen LogP contribution is 2.34. The number of nitrogens with one attached hydrogen (secondary N) is 1. The van der Waals surface area contributed by atoms with Gasteiger partial charge in [-0.05, 0) is 43.5 Å². The topological polar surface area (TPSA) is 119 Å². The van der Waals surface area contributed by atoms with Gasteiger partial charge in [-0.3, -0.25) is 19.3 Å². The minimum absolute atomic E-state index is 0.0601. The molecule has 0 unspecified atom stereocenters. The van der Waals surface area contributed by atoms with E-state index in [9.17, 15) is 19.6 Å². The van der Waals surface area contributed by atoms with Crippen molar-refractivity contribution in [2.24, 2.45) is 5.92 Å². The fourth-order valence-electron chi connectivity index (χ4n) is 4.06. The first-order valence-corrected chi connectivity index (χ1v) is 11.7. The molecule has 1 aliphatic carbocycles. The zero-order chi connectivity index (χ0) is 25.9. The highest BCUT2D eigenvalue weighted by Gasteiger charge is 2.43. The van der Waals surface area contributed by atoms with Crippen molar-refractivity contribution in [3.05, 3.63) is 52.5 Å². The Hall–Kier alpha value is -3.78. The molecule has 0 radical (unpaired) electrons. The zero-order valence-electron chi connectivity index (χ0n) is 19.8. The first-order chi connectivity index (χ1) is 17.2. The zero-order valence-corrected chi connectivity index (χ0v) is 19.8. The van der Waals surface area contributed by atoms with E-state index in [1.807, 2.05) is 18.0 Å². The van der Waals surface area contributed by atoms with Gasteiger partial charge in [0.25, 0.3) is 0 Å². The summed E-state index contributed by atoms with van der Waals surface area (Å²) in [7, 11) is 1.82. The van der Waals surface area contributed by atoms with Crippen molar-refractivity contribution in [3.63, 3.8) is 0 Å². The normalized spacial score (nSPS) is 16.5. The molecule has 4 rings (SSSR count). The number of aldehydes is 1. The van der Waals surface area contributed by atoms with Gasteiger partial charge in [0, 0.05) is 31.4 Å². The molecule has 3 heterocycles. The summed E-state index contributed by atoms with van der Waals surface area (Å²) in [4.78, 5) is 47.4. The Bertz CT molecular complexity index is 1220. The van der Waals surface area contributed by atoms with Crippen molar-refractivity contribution in [1.82, 2.24) is 19.8 Å². The Morgan fingerprint density at radius 1 is 1.31 bits per heavy atom. The summed E-state index contributed by atoms with van der Waals surface area (Å²) in [6, 6.07) is 5.74. The van der Waals surface area contributed by atoms with Gasteiger partial charge < -0.3 is 10.2 Å². The number of aromatic nitrogens is 2. The third kappa shape index (κ3) is 5.71. The second-order valence-electron chi connectivity index (χ2n) is 9.26. The van der Waals surface area contributed by atoms with Crippen LogP contribution in [-0.2, 0) is 28.5 Å². The number of nitriles is 1. The molecule has 2 fully saturated rings. The molecule has 2 aromatic heterocycles. The lowest BCUT2D eigenvalue weighted by Crippen LogP contribution is -2.48. The number of rotatable bonds is 9. The van der Waals surface area contributed by atoms with Crippen LogP contribution in [0.15, 0.2) is 24.4 Å². The van der Waals surface area contributed by atoms with Gasteiger partial charge in [0.2, 0.25) is 5.91 Å². The average Bonchev–Trinajstić information content (AvgIpc) is 3.69. The lowest BCUT2D eigenvalue weighted by atomic mass is 10.0. The van der Waals surface area contributed by atoms with Crippen LogP contribution in [0.25, 0.3) is 0 Å². The van der Waals surface area contributed by atoms with Crippen molar-refractivity contribution in [3.8, 4) is 6.07 Å². The number of hydrogen-bond acceptors (Lipinski definition) is 7. The molecule has 1 aliphatic heterocycles. The lowest BCUT2D eigenvalue weighted by Gasteiger charge is -2.32. The molecule has 9 nitrogen and oxygen atoms in total. The van der Waals surface area contributed by atoms with Crippen LogP contribution < -0.4 is 5.32 Å². The summed E-state index contributed by atoms with van der Waals surface area (Å²) in [5.74, 6) is -5.32. The monoisotopic (exact) mass is 496 g/mol. The highest BCUT2D eigenvalue weighted by atomic mass is 19.3. The molecule has 1 N–H and O–H groups in total. The van der Waals surface area contributed by atoms with E-state index >= 15 is 8.78 Å². The van der Waals surface area contributed by atoms with E-state index in [4.69, 9.17) is 0 Å². The number of amides is 2. The highest BCUT2D eigenvalue weighted by molar-refractivity contribution is 5.96. The van der Waals surface area contributed by atoms with Crippen LogP contribution in [0.2, 0.25) is 0 Å². The van der Waals surface area contributed by atoms with E-state index < -0.39 is 17.5 Å². The van der Waals surface area contributed by atoms with Gasteiger partial charge in [-0.1, -0.05) is 18.9 Å². The maximum absolute atomic E-state index is 15.0. The number of aryl methyl sites for hydroxylation is 1. The Balaban J connectivity index is 1.49. The second kappa shape index (κ2) is 10.5. The van der Waals surface area contributed by atoms with Gasteiger partial charge in [-0.2, -0.15) is 14.0 Å². The van der Waals surface area contributed by atoms with Crippen molar-refractivity contribution in [2.75, 3.05) is 32.0 Å². The second-order valence-corrected chi connectivity index (χ2v) is 9.26. The number of carbonyl (C=O) groups is 3. The standard InChI is InChI=1S/C25H26F2N6O3/c1-32-8-9-33(23(35)14-32)13-18-6-7-21(30-20(18)15-34)25(26,27)24(36)31-22-10-17(5-4-16-2-3-16)19(11-28)12-29-22/h6-7,10,12,15-16H,2-5,8-9,13-14H2,1H3,(H,29,31,36). The fourth-order valence-corrected chi connectivity index (χ4v) is 4.06. The minimum atomic E-state index is -4.05. The van der Waals surface area contributed by atoms with E-state index in [0.29, 0.717) is 48.4 Å². The molecular weight excluding hydrogens is 470 g/mol. The first kappa shape index (κ1) is 25.3. The van der Waals surface area contributed by atoms with Gasteiger partial charge >= 0.3 is 11.8 Å². The quantitative estimate of drug-likeness (QED) is 0.530. The van der Waals surface area contributed by atoms with E-state index in [2.05, 4.69) is 15.3 Å². The molecule has 0 bridgehead atoms. The summed E-state index contributed by atoms with van der Waals surface area (Å²) in [6.07, 6.45) is 5.35. The van der Waals surface area contributed by atoms with Crippen molar-refractivity contribution in [2.45, 2.75) is 38.2 Å². The van der Waals surface area contributed by atoms with Crippen molar-refractivity contribution < 1.29 is 23.2 Å². The number of pyridine rings is 2. The van der Waals surface area contributed by atoms with Gasteiger partial charge in [-0.25, -0.2) is 9.97 Å². The number of likely N-dealkylation sites (N-methyl/N-ethyl adjacent to an activating group) is 1. The summed E-state index contributed by atoms with van der Waals surface area (Å²) < 4.78 is 30.0. The molecule has 0 atom stereocenters. The Labute approximate surface area is 207 Å². The van der Waals surface area contributed by atoms with Crippen molar-refractivity contribution >= 4 is 23.9 Å². The number of alkyl halides is 2. The van der Waals surface area contributed by atoms with Crippen LogP contribution in [-0.4, -0.2) is 64.6 Å². The molecule has 36 heavy (non-hydrogen) atoms. The summed E-state index contributed by atoms with van der Waals surface area (Å²) in [6.45, 7) is 1.38. The molecule has 188 valence electrons. The molecule has 0 spiro atoms. The number of anilines is 1. The SMILES string of the molecule is CN1CCN(Cc2ccc(C(F)(F)C(=O)Nc3cc(CCC4CC4)c(C#N)cn3)nc2C=O)C(=O)C1. The predicted molar refractivity (Wildman–Crippen MR) is 125 cm³/mol. The van der Waals surface area contributed by atoms with Gasteiger partial charge in [0.15, 0.2) is 6.29 Å². The molecule has 2 aliphatic rings. The lowest BCUT2D eigenvalue weighted by molar-refractivity contribution is -0.141. The molecular formula is C25H26F2N6O3. The van der Waals surface area contributed by atoms with Crippen molar-refractivity contribution in [1.29, 1.82) is 5.26 Å². The van der Waals surface area contributed by atoms with Crippen LogP contribution in [0.5, 0.6) is 0 Å². The number of hydrogen-bond donors (Lipinski definition) is 1. The summed E-state index contributed by atoms with van der Waals surface area (Å²) in [5, 5.41) is 11.4. The van der Waals surface area contributed by atoms with E-state index in [0.717, 1.165) is 25.3 Å². The first-order valence-electron chi connectivity index (χ1n) is 11.7. The van der Waals surface area contributed by atoms with E-state index in [1.54, 1.807) is 0 Å². The maximum Gasteiger partial charge on any atom is 0.366 e. The third-order valence-electron chi connectivity index (χ3n) is 6.47. The number of halogens is 2. The van der Waals surface area contributed by atoms with Gasteiger partial charge in [0.05, 0.1) is 12.1 Å². The summed E-state index contributed by atoms with van der Waals surface area (Å²) in [5.41, 5.74) is 0.148. The molecule has 2 aromatic rings. The Morgan fingerprint density at radius 3 is 2.75 bits per heavy atom. The molecule has 11 heteroatoms. The van der Waals surface area contributed by atoms with Crippen LogP contribution in [0.1, 0.15) is 52.1 Å². The van der Waals surface area contributed by atoms with Crippen LogP contribution in [0.4, 0.5) is 14.6 Å². The minimum Gasteiger partial charge on any atom is -0.336 e. The smallest absolute Gasteiger partial charge is 0.336 e. The number of piperazine rings is 1. The molecule has 1 saturated heterocycles. The van der Waals surface area contributed by atoms with Crippen LogP contribution in [0, 0.1) is 17.2 Å². The number of nitrogens with zero attached hydrogens (tertiary/aromatic N) is 5. The average molecular weight is 497 g/mol. The van der Waals surface area contributed by atoms with Gasteiger partial charge in [0.1, 0.15) is 23.3 Å². The summed E-state index contributed by atoms with van der Waals surface area (Å²) >= 11 is 0. The molecule has 1 saturated carbocycles. The predicted octanol–water partition coefficient (Wildman–Crippen LogP) is 2.51.